The molecule has 0 aliphatic rings. The molecule has 2 rings (SSSR count). The van der Waals surface area contributed by atoms with Gasteiger partial charge in [0, 0.05) is 19.3 Å². The molecule has 0 unspecified atom stereocenters. The van der Waals surface area contributed by atoms with E-state index in [9.17, 15) is 4.79 Å². The van der Waals surface area contributed by atoms with Crippen LogP contribution in [0, 0.1) is 0 Å². The smallest absolute Gasteiger partial charge is 0.344 e. The van der Waals surface area contributed by atoms with Gasteiger partial charge in [-0.2, -0.15) is 0 Å². The molecule has 0 saturated carbocycles. The molecule has 7 heteroatoms. The number of carbonyl (C=O) groups excluding carboxylic acids is 1. The molecule has 0 atom stereocenters. The summed E-state index contributed by atoms with van der Waals surface area (Å²) in [5.74, 6) is -0.0491. The number of ether oxygens (including phenoxy) is 2. The van der Waals surface area contributed by atoms with E-state index >= 15 is 0 Å². The van der Waals surface area contributed by atoms with E-state index < -0.39 is 5.97 Å². The van der Waals surface area contributed by atoms with Crippen molar-refractivity contribution in [2.75, 3.05) is 13.2 Å². The molecule has 6 nitrogen and oxygen atoms in total. The number of esters is 1. The lowest BCUT2D eigenvalue weighted by Crippen LogP contribution is -2.15. The van der Waals surface area contributed by atoms with Gasteiger partial charge in [-0.1, -0.05) is 24.9 Å². The maximum atomic E-state index is 11.5. The van der Waals surface area contributed by atoms with E-state index in [0.717, 1.165) is 24.2 Å². The molecule has 118 valence electrons. The number of nitrogens with zero attached hydrogens (tertiary/aromatic N) is 3. The van der Waals surface area contributed by atoms with Crippen molar-refractivity contribution in [2.24, 2.45) is 7.05 Å². The number of halogens is 1. The lowest BCUT2D eigenvalue weighted by atomic mass is 10.3. The van der Waals surface area contributed by atoms with Crippen molar-refractivity contribution in [1.82, 2.24) is 14.8 Å². The van der Waals surface area contributed by atoms with E-state index in [4.69, 9.17) is 21.1 Å². The second-order valence-electron chi connectivity index (χ2n) is 4.72. The van der Waals surface area contributed by atoms with Gasteiger partial charge in [0.05, 0.1) is 23.0 Å². The van der Waals surface area contributed by atoms with Crippen LogP contribution >= 0.6 is 11.6 Å². The van der Waals surface area contributed by atoms with Crippen LogP contribution in [-0.2, 0) is 16.6 Å². The summed E-state index contributed by atoms with van der Waals surface area (Å²) in [4.78, 5) is 15.7. The van der Waals surface area contributed by atoms with Crippen LogP contribution in [0.3, 0.4) is 0 Å². The number of aryl methyl sites for hydroxylation is 1. The number of carbonyl (C=O) groups is 1. The number of aromatic nitrogens is 3. The summed E-state index contributed by atoms with van der Waals surface area (Å²) in [6.07, 6.45) is 3.39. The molecule has 0 spiro atoms. The molecule has 0 aromatic carbocycles. The number of rotatable bonds is 7. The van der Waals surface area contributed by atoms with Crippen molar-refractivity contribution in [3.8, 4) is 17.3 Å². The highest BCUT2D eigenvalue weighted by atomic mass is 35.5. The Morgan fingerprint density at radius 1 is 1.41 bits per heavy atom. The normalized spacial score (nSPS) is 10.5. The van der Waals surface area contributed by atoms with Crippen molar-refractivity contribution in [3.63, 3.8) is 0 Å². The van der Waals surface area contributed by atoms with Crippen molar-refractivity contribution in [1.29, 1.82) is 0 Å². The fourth-order valence-corrected chi connectivity index (χ4v) is 1.90. The molecule has 2 aromatic heterocycles. The highest BCUT2D eigenvalue weighted by Gasteiger charge is 2.11. The average molecular weight is 324 g/mol. The fraction of sp³-hybridized carbons (Fsp3) is 0.400. The van der Waals surface area contributed by atoms with Crippen molar-refractivity contribution >= 4 is 17.6 Å². The molecule has 0 aliphatic carbocycles. The average Bonchev–Trinajstić information content (AvgIpc) is 2.87. The van der Waals surface area contributed by atoms with Gasteiger partial charge in [0.25, 0.3) is 0 Å². The van der Waals surface area contributed by atoms with Crippen LogP contribution in [0.4, 0.5) is 0 Å². The minimum absolute atomic E-state index is 0.159. The third kappa shape index (κ3) is 4.46. The minimum atomic E-state index is -0.398. The molecular formula is C15H18ClN3O3. The van der Waals surface area contributed by atoms with Gasteiger partial charge in [-0.15, -0.1) is 5.10 Å². The first-order chi connectivity index (χ1) is 10.6. The number of pyridine rings is 1. The lowest BCUT2D eigenvalue weighted by Gasteiger charge is -2.03. The van der Waals surface area contributed by atoms with E-state index in [1.54, 1.807) is 36.1 Å². The molecule has 2 aromatic rings. The quantitative estimate of drug-likeness (QED) is 0.579. The van der Waals surface area contributed by atoms with Gasteiger partial charge in [0.2, 0.25) is 5.88 Å². The highest BCUT2D eigenvalue weighted by Crippen LogP contribution is 2.22. The molecule has 0 fully saturated rings. The summed E-state index contributed by atoms with van der Waals surface area (Å²) in [6, 6.07) is 5.26. The Kier molecular flexibility index (Phi) is 5.77. The van der Waals surface area contributed by atoms with E-state index in [0.29, 0.717) is 17.5 Å². The zero-order chi connectivity index (χ0) is 15.9. The van der Waals surface area contributed by atoms with Gasteiger partial charge in [0.15, 0.2) is 6.61 Å². The van der Waals surface area contributed by atoms with E-state index in [1.165, 1.54) is 0 Å². The Bertz CT molecular complexity index is 625. The zero-order valence-electron chi connectivity index (χ0n) is 12.6. The topological polar surface area (TPSA) is 66.2 Å². The van der Waals surface area contributed by atoms with Crippen LogP contribution in [-0.4, -0.2) is 33.9 Å². The third-order valence-corrected chi connectivity index (χ3v) is 3.17. The molecule has 0 aliphatic heterocycles. The molecule has 0 saturated heterocycles. The van der Waals surface area contributed by atoms with Crippen LogP contribution in [0.25, 0.3) is 11.4 Å². The maximum Gasteiger partial charge on any atom is 0.344 e. The third-order valence-electron chi connectivity index (χ3n) is 2.95. The Balaban J connectivity index is 1.95. The minimum Gasteiger partial charge on any atom is -0.465 e. The Morgan fingerprint density at radius 3 is 2.91 bits per heavy atom. The first-order valence-electron chi connectivity index (χ1n) is 7.04. The molecule has 0 amide bonds. The number of hydrogen-bond donors (Lipinski definition) is 0. The molecule has 0 radical (unpaired) electrons. The van der Waals surface area contributed by atoms with Gasteiger partial charge in [-0.3, -0.25) is 9.67 Å². The summed E-state index contributed by atoms with van der Waals surface area (Å²) in [7, 11) is 1.78. The van der Waals surface area contributed by atoms with Crippen LogP contribution < -0.4 is 4.74 Å². The monoisotopic (exact) mass is 323 g/mol. The lowest BCUT2D eigenvalue weighted by molar-refractivity contribution is -0.146. The van der Waals surface area contributed by atoms with Crippen LogP contribution in [0.15, 0.2) is 24.4 Å². The van der Waals surface area contributed by atoms with Gasteiger partial charge in [0.1, 0.15) is 0 Å². The fourth-order valence-electron chi connectivity index (χ4n) is 1.78. The number of hydrogen-bond acceptors (Lipinski definition) is 5. The Labute approximate surface area is 134 Å². The van der Waals surface area contributed by atoms with Crippen LogP contribution in [0.1, 0.15) is 19.8 Å². The maximum absolute atomic E-state index is 11.5. The standard InChI is InChI=1S/C15H18ClN3O3/c1-3-4-7-21-15(20)10-22-14-8-13(19(2)18-14)12-6-5-11(16)9-17-12/h5-6,8-9H,3-4,7,10H2,1-2H3. The summed E-state index contributed by atoms with van der Waals surface area (Å²) >= 11 is 5.82. The number of unbranched alkanes of at least 4 members (excludes halogenated alkanes) is 1. The summed E-state index contributed by atoms with van der Waals surface area (Å²) in [6.45, 7) is 2.29. The predicted molar refractivity (Wildman–Crippen MR) is 82.8 cm³/mol. The predicted octanol–water partition coefficient (Wildman–Crippen LogP) is 2.86. The van der Waals surface area contributed by atoms with Gasteiger partial charge in [-0.05, 0) is 18.6 Å². The van der Waals surface area contributed by atoms with Crippen molar-refractivity contribution in [2.45, 2.75) is 19.8 Å². The summed E-state index contributed by atoms with van der Waals surface area (Å²) in [5, 5.41) is 4.76. The van der Waals surface area contributed by atoms with Gasteiger partial charge in [-0.25, -0.2) is 4.79 Å². The highest BCUT2D eigenvalue weighted by molar-refractivity contribution is 6.30. The van der Waals surface area contributed by atoms with Crippen molar-refractivity contribution in [3.05, 3.63) is 29.4 Å². The van der Waals surface area contributed by atoms with Crippen molar-refractivity contribution < 1.29 is 14.3 Å². The summed E-state index contributed by atoms with van der Waals surface area (Å²) < 4.78 is 12.0. The zero-order valence-corrected chi connectivity index (χ0v) is 13.3. The van der Waals surface area contributed by atoms with Crippen LogP contribution in [0.5, 0.6) is 5.88 Å². The van der Waals surface area contributed by atoms with Gasteiger partial charge < -0.3 is 9.47 Å². The van der Waals surface area contributed by atoms with Crippen LogP contribution in [0.2, 0.25) is 5.02 Å². The summed E-state index contributed by atoms with van der Waals surface area (Å²) in [5.41, 5.74) is 1.49. The largest absolute Gasteiger partial charge is 0.465 e. The molecular weight excluding hydrogens is 306 g/mol. The molecule has 0 N–H and O–H groups in total. The molecule has 2 heterocycles. The van der Waals surface area contributed by atoms with Gasteiger partial charge >= 0.3 is 5.97 Å². The van der Waals surface area contributed by atoms with E-state index in [1.807, 2.05) is 6.92 Å². The Morgan fingerprint density at radius 2 is 2.23 bits per heavy atom. The molecule has 22 heavy (non-hydrogen) atoms. The molecule has 0 bridgehead atoms. The Hall–Kier alpha value is -2.08. The van der Waals surface area contributed by atoms with E-state index in [2.05, 4.69) is 10.1 Å². The van der Waals surface area contributed by atoms with E-state index in [-0.39, 0.29) is 6.61 Å². The second-order valence-corrected chi connectivity index (χ2v) is 5.15. The first kappa shape index (κ1) is 16.3. The first-order valence-corrected chi connectivity index (χ1v) is 7.42. The SMILES string of the molecule is CCCCOC(=O)COc1cc(-c2ccc(Cl)cn2)n(C)n1. The second kappa shape index (κ2) is 7.79.